The van der Waals surface area contributed by atoms with Gasteiger partial charge in [0, 0.05) is 11.6 Å². The first kappa shape index (κ1) is 11.0. The normalized spacial score (nSPS) is 9.87. The van der Waals surface area contributed by atoms with Crippen LogP contribution in [0.15, 0.2) is 36.6 Å². The third-order valence-corrected chi connectivity index (χ3v) is 1.76. The van der Waals surface area contributed by atoms with Crippen LogP contribution in [0, 0.1) is 11.3 Å². The Hall–Kier alpha value is -2.08. The second kappa shape index (κ2) is 5.61. The van der Waals surface area contributed by atoms with Gasteiger partial charge in [0.1, 0.15) is 0 Å². The molecule has 1 aromatic rings. The van der Waals surface area contributed by atoms with Gasteiger partial charge in [-0.3, -0.25) is 4.79 Å². The summed E-state index contributed by atoms with van der Waals surface area (Å²) in [5.74, 6) is -0.166. The van der Waals surface area contributed by atoms with Crippen LogP contribution in [0.1, 0.15) is 22.8 Å². The average Bonchev–Trinajstić information content (AvgIpc) is 2.29. The van der Waals surface area contributed by atoms with Gasteiger partial charge in [0.2, 0.25) is 0 Å². The second-order valence-electron chi connectivity index (χ2n) is 2.81. The molecule has 3 nitrogen and oxygen atoms in total. The van der Waals surface area contributed by atoms with Crippen molar-refractivity contribution in [2.24, 2.45) is 0 Å². The fourth-order valence-corrected chi connectivity index (χ4v) is 1.04. The first-order valence-corrected chi connectivity index (χ1v) is 4.60. The van der Waals surface area contributed by atoms with Crippen LogP contribution in [0.5, 0.6) is 0 Å². The Kier molecular flexibility index (Phi) is 4.11. The highest BCUT2D eigenvalue weighted by Gasteiger charge is 2.01. The van der Waals surface area contributed by atoms with E-state index in [4.69, 9.17) is 10.00 Å². The molecule has 0 spiro atoms. The van der Waals surface area contributed by atoms with Gasteiger partial charge in [-0.15, -0.1) is 0 Å². The molecule has 0 aliphatic rings. The lowest BCUT2D eigenvalue weighted by Crippen LogP contribution is -1.95. The van der Waals surface area contributed by atoms with E-state index in [0.717, 1.165) is 0 Å². The molecule has 0 saturated carbocycles. The first-order valence-electron chi connectivity index (χ1n) is 4.60. The van der Waals surface area contributed by atoms with Gasteiger partial charge in [-0.05, 0) is 19.1 Å². The summed E-state index contributed by atoms with van der Waals surface area (Å²) in [4.78, 5) is 11.5. The zero-order chi connectivity index (χ0) is 11.1. The molecule has 0 aliphatic heterocycles. The lowest BCUT2D eigenvalue weighted by Gasteiger charge is -1.96. The molecular weight excluding hydrogens is 190 g/mol. The number of rotatable bonds is 4. The van der Waals surface area contributed by atoms with E-state index in [9.17, 15) is 4.79 Å². The van der Waals surface area contributed by atoms with Gasteiger partial charge in [-0.25, -0.2) is 0 Å². The molecule has 0 heterocycles. The number of ketones is 1. The number of nitrogens with zero attached hydrogens (tertiary/aromatic N) is 1. The lowest BCUT2D eigenvalue weighted by molar-refractivity contribution is 0.104. The molecule has 1 aromatic carbocycles. The quantitative estimate of drug-likeness (QED) is 0.426. The standard InChI is InChI=1S/C12H11NO2/c1-2-15-7-6-12(14)11-5-3-4-10(8-11)9-13/h3-8H,2H2,1H3. The third-order valence-electron chi connectivity index (χ3n) is 1.76. The highest BCUT2D eigenvalue weighted by molar-refractivity contribution is 6.04. The molecule has 76 valence electrons. The number of hydrogen-bond donors (Lipinski definition) is 0. The number of carbonyl (C=O) groups excluding carboxylic acids is 1. The molecular formula is C12H11NO2. The van der Waals surface area contributed by atoms with E-state index in [1.807, 2.05) is 13.0 Å². The van der Waals surface area contributed by atoms with Crippen molar-refractivity contribution in [1.29, 1.82) is 5.26 Å². The van der Waals surface area contributed by atoms with Gasteiger partial charge in [-0.2, -0.15) is 5.26 Å². The number of hydrogen-bond acceptors (Lipinski definition) is 3. The summed E-state index contributed by atoms with van der Waals surface area (Å²) in [6.45, 7) is 2.37. The van der Waals surface area contributed by atoms with E-state index >= 15 is 0 Å². The maximum Gasteiger partial charge on any atom is 0.188 e. The van der Waals surface area contributed by atoms with E-state index in [0.29, 0.717) is 17.7 Å². The molecule has 0 unspecified atom stereocenters. The molecule has 0 N–H and O–H groups in total. The summed E-state index contributed by atoms with van der Waals surface area (Å²) in [5.41, 5.74) is 0.968. The van der Waals surface area contributed by atoms with Crippen molar-refractivity contribution >= 4 is 5.78 Å². The smallest absolute Gasteiger partial charge is 0.188 e. The lowest BCUT2D eigenvalue weighted by atomic mass is 10.1. The molecule has 0 radical (unpaired) electrons. The number of carbonyl (C=O) groups is 1. The summed E-state index contributed by atoms with van der Waals surface area (Å²) in [6, 6.07) is 8.54. The molecule has 1 rings (SSSR count). The average molecular weight is 201 g/mol. The molecule has 0 aliphatic carbocycles. The Morgan fingerprint density at radius 2 is 2.40 bits per heavy atom. The summed E-state index contributed by atoms with van der Waals surface area (Å²) in [7, 11) is 0. The number of benzene rings is 1. The maximum atomic E-state index is 11.5. The van der Waals surface area contributed by atoms with Gasteiger partial charge >= 0.3 is 0 Å². The minimum Gasteiger partial charge on any atom is -0.501 e. The van der Waals surface area contributed by atoms with Gasteiger partial charge in [0.15, 0.2) is 5.78 Å². The summed E-state index contributed by atoms with van der Waals surface area (Å²) in [5, 5.41) is 8.65. The third kappa shape index (κ3) is 3.28. The van der Waals surface area contributed by atoms with Crippen molar-refractivity contribution in [3.63, 3.8) is 0 Å². The number of ether oxygens (including phenoxy) is 1. The van der Waals surface area contributed by atoms with Gasteiger partial charge in [0.25, 0.3) is 0 Å². The van der Waals surface area contributed by atoms with Crippen LogP contribution in [-0.2, 0) is 4.74 Å². The van der Waals surface area contributed by atoms with E-state index in [1.165, 1.54) is 12.3 Å². The van der Waals surface area contributed by atoms with Crippen LogP contribution in [0.3, 0.4) is 0 Å². The Morgan fingerprint density at radius 1 is 1.60 bits per heavy atom. The summed E-state index contributed by atoms with van der Waals surface area (Å²) >= 11 is 0. The monoisotopic (exact) mass is 201 g/mol. The first-order chi connectivity index (χ1) is 7.27. The Morgan fingerprint density at radius 3 is 3.07 bits per heavy atom. The van der Waals surface area contributed by atoms with Gasteiger partial charge < -0.3 is 4.74 Å². The van der Waals surface area contributed by atoms with E-state index in [-0.39, 0.29) is 5.78 Å². The van der Waals surface area contributed by atoms with Crippen LogP contribution in [0.2, 0.25) is 0 Å². The van der Waals surface area contributed by atoms with Crippen molar-refractivity contribution in [3.8, 4) is 6.07 Å². The second-order valence-corrected chi connectivity index (χ2v) is 2.81. The highest BCUT2D eigenvalue weighted by Crippen LogP contribution is 2.05. The minimum absolute atomic E-state index is 0.166. The van der Waals surface area contributed by atoms with Crippen LogP contribution in [0.25, 0.3) is 0 Å². The highest BCUT2D eigenvalue weighted by atomic mass is 16.5. The molecule has 0 atom stereocenters. The van der Waals surface area contributed by atoms with Crippen molar-refractivity contribution < 1.29 is 9.53 Å². The Labute approximate surface area is 88.6 Å². The Bertz CT molecular complexity index is 416. The molecule has 0 aromatic heterocycles. The zero-order valence-electron chi connectivity index (χ0n) is 8.43. The van der Waals surface area contributed by atoms with Crippen LogP contribution in [-0.4, -0.2) is 12.4 Å². The number of allylic oxidation sites excluding steroid dienone is 1. The largest absolute Gasteiger partial charge is 0.501 e. The minimum atomic E-state index is -0.166. The zero-order valence-corrected chi connectivity index (χ0v) is 8.43. The van der Waals surface area contributed by atoms with Crippen LogP contribution >= 0.6 is 0 Å². The van der Waals surface area contributed by atoms with Crippen molar-refractivity contribution in [1.82, 2.24) is 0 Å². The SMILES string of the molecule is CCOC=CC(=O)c1cccc(C#N)c1. The molecule has 15 heavy (non-hydrogen) atoms. The van der Waals surface area contributed by atoms with Crippen LogP contribution < -0.4 is 0 Å². The Balaban J connectivity index is 2.78. The molecule has 0 amide bonds. The van der Waals surface area contributed by atoms with Crippen molar-refractivity contribution in [3.05, 3.63) is 47.7 Å². The van der Waals surface area contributed by atoms with E-state index < -0.39 is 0 Å². The predicted molar refractivity (Wildman–Crippen MR) is 56.3 cm³/mol. The van der Waals surface area contributed by atoms with Gasteiger partial charge in [-0.1, -0.05) is 12.1 Å². The molecule has 0 fully saturated rings. The number of nitriles is 1. The van der Waals surface area contributed by atoms with Crippen molar-refractivity contribution in [2.45, 2.75) is 6.92 Å². The van der Waals surface area contributed by atoms with Gasteiger partial charge in [0.05, 0.1) is 24.5 Å². The molecule has 0 bridgehead atoms. The molecule has 0 saturated heterocycles. The summed E-state index contributed by atoms with van der Waals surface area (Å²) < 4.78 is 4.92. The van der Waals surface area contributed by atoms with E-state index in [1.54, 1.807) is 24.3 Å². The van der Waals surface area contributed by atoms with Crippen molar-refractivity contribution in [2.75, 3.05) is 6.61 Å². The molecule has 3 heteroatoms. The fourth-order valence-electron chi connectivity index (χ4n) is 1.04. The van der Waals surface area contributed by atoms with Crippen LogP contribution in [0.4, 0.5) is 0 Å². The predicted octanol–water partition coefficient (Wildman–Crippen LogP) is 2.29. The fraction of sp³-hybridized carbons (Fsp3) is 0.167. The topological polar surface area (TPSA) is 50.1 Å². The summed E-state index contributed by atoms with van der Waals surface area (Å²) in [6.07, 6.45) is 2.71. The maximum absolute atomic E-state index is 11.5. The van der Waals surface area contributed by atoms with E-state index in [2.05, 4.69) is 0 Å².